The number of carbonyl (C=O) groups excluding carboxylic acids is 1. The lowest BCUT2D eigenvalue weighted by atomic mass is 9.43. The first-order chi connectivity index (χ1) is 18.7. The molecular formula is C31H45N3O5. The molecule has 0 aliphatic heterocycles. The summed E-state index contributed by atoms with van der Waals surface area (Å²) in [5, 5.41) is 19.6. The number of benzene rings is 1. The molecule has 6 rings (SSSR count). The van der Waals surface area contributed by atoms with E-state index in [2.05, 4.69) is 17.2 Å². The largest absolute Gasteiger partial charge is 0.497 e. The van der Waals surface area contributed by atoms with Crippen molar-refractivity contribution >= 4 is 16.8 Å². The van der Waals surface area contributed by atoms with E-state index < -0.39 is 5.60 Å². The number of ketones is 1. The van der Waals surface area contributed by atoms with Gasteiger partial charge in [-0.05, 0) is 99.2 Å². The molecule has 1 aromatic carbocycles. The third-order valence-electron chi connectivity index (χ3n) is 11.8. The Bertz CT molecular complexity index is 1240. The number of Topliss-reactive ketones (excluding diaryl/α,β-unsaturated/α-hetero) is 1. The Balaban J connectivity index is 1.24. The second-order valence-electron chi connectivity index (χ2n) is 13.6. The van der Waals surface area contributed by atoms with Crippen LogP contribution in [-0.2, 0) is 16.1 Å². The smallest absolute Gasteiger partial charge is 0.157 e. The number of ether oxygens (including phenoxy) is 3. The van der Waals surface area contributed by atoms with Gasteiger partial charge in [0.05, 0.1) is 31.9 Å². The van der Waals surface area contributed by atoms with E-state index in [0.29, 0.717) is 40.7 Å². The first-order valence-corrected chi connectivity index (χ1v) is 14.8. The fourth-order valence-corrected chi connectivity index (χ4v) is 9.97. The Morgan fingerprint density at radius 3 is 2.59 bits per heavy atom. The lowest BCUT2D eigenvalue weighted by Crippen LogP contribution is -2.58. The summed E-state index contributed by atoms with van der Waals surface area (Å²) in [5.41, 5.74) is 1.04. The quantitative estimate of drug-likeness (QED) is 0.526. The van der Waals surface area contributed by atoms with Crippen LogP contribution < -0.4 is 9.47 Å². The maximum absolute atomic E-state index is 14.0. The Hall–Kier alpha value is -2.19. The maximum Gasteiger partial charge on any atom is 0.157 e. The molecule has 8 nitrogen and oxygen atoms in total. The number of rotatable bonds is 7. The van der Waals surface area contributed by atoms with Crippen LogP contribution in [0, 0.1) is 40.4 Å². The van der Waals surface area contributed by atoms with E-state index in [1.165, 1.54) is 12.8 Å². The summed E-state index contributed by atoms with van der Waals surface area (Å²) in [7, 11) is 5.07. The van der Waals surface area contributed by atoms with Crippen molar-refractivity contribution in [3.05, 3.63) is 12.1 Å². The molecule has 1 aromatic heterocycles. The molecule has 4 aliphatic carbocycles. The molecule has 0 saturated heterocycles. The van der Waals surface area contributed by atoms with E-state index >= 15 is 0 Å². The second-order valence-corrected chi connectivity index (χ2v) is 13.6. The molecule has 4 aliphatic rings. The highest BCUT2D eigenvalue weighted by molar-refractivity contribution is 5.86. The minimum absolute atomic E-state index is 0.0191. The van der Waals surface area contributed by atoms with Crippen molar-refractivity contribution in [2.24, 2.45) is 40.4 Å². The molecule has 214 valence electrons. The highest BCUT2D eigenvalue weighted by atomic mass is 16.5. The van der Waals surface area contributed by atoms with Crippen LogP contribution in [0.1, 0.15) is 71.6 Å². The summed E-state index contributed by atoms with van der Waals surface area (Å²) in [6.07, 6.45) is 9.51. The van der Waals surface area contributed by atoms with Gasteiger partial charge in [0.1, 0.15) is 12.3 Å². The number of methoxy groups -OCH3 is 3. The van der Waals surface area contributed by atoms with Gasteiger partial charge in [-0.25, -0.2) is 4.68 Å². The maximum atomic E-state index is 14.0. The summed E-state index contributed by atoms with van der Waals surface area (Å²) >= 11 is 0. The molecule has 0 amide bonds. The average Bonchev–Trinajstić information content (AvgIpc) is 3.48. The van der Waals surface area contributed by atoms with Crippen molar-refractivity contribution in [1.82, 2.24) is 15.0 Å². The zero-order valence-electron chi connectivity index (χ0n) is 24.2. The number of aliphatic hydroxyl groups is 1. The fraction of sp³-hybridized carbons (Fsp3) is 0.774. The molecule has 8 atom stereocenters. The number of aromatic nitrogens is 3. The molecule has 4 fully saturated rings. The molecule has 0 bridgehead atoms. The van der Waals surface area contributed by atoms with Crippen LogP contribution in [0.25, 0.3) is 11.0 Å². The summed E-state index contributed by atoms with van der Waals surface area (Å²) in [6, 6.07) is 3.67. The Morgan fingerprint density at radius 1 is 1.03 bits per heavy atom. The monoisotopic (exact) mass is 539 g/mol. The molecule has 0 spiro atoms. The zero-order chi connectivity index (χ0) is 27.6. The lowest BCUT2D eigenvalue weighted by molar-refractivity contribution is -0.175. The summed E-state index contributed by atoms with van der Waals surface area (Å²) < 4.78 is 18.6. The minimum Gasteiger partial charge on any atom is -0.497 e. The van der Waals surface area contributed by atoms with Gasteiger partial charge in [-0.3, -0.25) is 4.79 Å². The molecule has 4 saturated carbocycles. The van der Waals surface area contributed by atoms with Crippen LogP contribution in [0.5, 0.6) is 11.5 Å². The van der Waals surface area contributed by atoms with E-state index in [0.717, 1.165) is 57.1 Å². The number of hydrogen-bond acceptors (Lipinski definition) is 7. The van der Waals surface area contributed by atoms with Crippen molar-refractivity contribution in [3.63, 3.8) is 0 Å². The van der Waals surface area contributed by atoms with Gasteiger partial charge in [-0.1, -0.05) is 12.1 Å². The van der Waals surface area contributed by atoms with Crippen LogP contribution in [0.2, 0.25) is 0 Å². The second kappa shape index (κ2) is 9.72. The van der Waals surface area contributed by atoms with Crippen LogP contribution in [-0.4, -0.2) is 59.4 Å². The Morgan fingerprint density at radius 2 is 1.85 bits per heavy atom. The van der Waals surface area contributed by atoms with Gasteiger partial charge in [0.15, 0.2) is 17.0 Å². The van der Waals surface area contributed by atoms with E-state index in [4.69, 9.17) is 14.2 Å². The molecule has 8 heteroatoms. The number of carbonyl (C=O) groups is 1. The minimum atomic E-state index is -0.553. The highest BCUT2D eigenvalue weighted by Crippen LogP contribution is 2.68. The number of fused-ring (bicyclic) bond motifs is 6. The summed E-state index contributed by atoms with van der Waals surface area (Å²) in [5.74, 6) is 3.91. The number of nitrogens with zero attached hydrogens (tertiary/aromatic N) is 3. The number of hydrogen-bond donors (Lipinski definition) is 1. The van der Waals surface area contributed by atoms with Crippen LogP contribution in [0.15, 0.2) is 12.1 Å². The first kappa shape index (κ1) is 27.0. The fourth-order valence-electron chi connectivity index (χ4n) is 9.97. The van der Waals surface area contributed by atoms with Gasteiger partial charge in [0.2, 0.25) is 0 Å². The predicted molar refractivity (Wildman–Crippen MR) is 148 cm³/mol. The predicted octanol–water partition coefficient (Wildman–Crippen LogP) is 5.05. The topological polar surface area (TPSA) is 95.7 Å². The van der Waals surface area contributed by atoms with E-state index in [9.17, 15) is 9.90 Å². The van der Waals surface area contributed by atoms with Crippen molar-refractivity contribution < 1.29 is 24.1 Å². The Labute approximate surface area is 231 Å². The third-order valence-corrected chi connectivity index (χ3v) is 11.8. The van der Waals surface area contributed by atoms with Crippen molar-refractivity contribution in [1.29, 1.82) is 0 Å². The first-order valence-electron chi connectivity index (χ1n) is 14.8. The van der Waals surface area contributed by atoms with E-state index in [1.807, 2.05) is 20.1 Å². The van der Waals surface area contributed by atoms with Gasteiger partial charge in [-0.15, -0.1) is 5.10 Å². The zero-order valence-corrected chi connectivity index (χ0v) is 24.2. The van der Waals surface area contributed by atoms with Gasteiger partial charge in [0.25, 0.3) is 0 Å². The van der Waals surface area contributed by atoms with Crippen molar-refractivity contribution in [2.45, 2.75) is 83.8 Å². The van der Waals surface area contributed by atoms with E-state index in [1.54, 1.807) is 25.0 Å². The normalized spacial score (nSPS) is 39.6. The van der Waals surface area contributed by atoms with Crippen LogP contribution >= 0.6 is 0 Å². The Kier molecular flexibility index (Phi) is 6.73. The highest BCUT2D eigenvalue weighted by Gasteiger charge is 2.63. The van der Waals surface area contributed by atoms with Crippen LogP contribution in [0.4, 0.5) is 0 Å². The van der Waals surface area contributed by atoms with Crippen molar-refractivity contribution in [2.75, 3.05) is 27.9 Å². The van der Waals surface area contributed by atoms with Gasteiger partial charge in [-0.2, -0.15) is 0 Å². The lowest BCUT2D eigenvalue weighted by Gasteiger charge is -2.62. The average molecular weight is 540 g/mol. The van der Waals surface area contributed by atoms with Crippen molar-refractivity contribution in [3.8, 4) is 11.5 Å². The third kappa shape index (κ3) is 4.19. The molecule has 1 N–H and O–H groups in total. The summed E-state index contributed by atoms with van der Waals surface area (Å²) in [6.45, 7) is 5.44. The standard InChI is InChI=1S/C31H45N3O5/c1-29(36)12-13-31(18-37-3)19(16-29)6-7-21-22-8-9-24(30(22,2)11-10-23(21)31)26(35)17-34-25-14-20(38-4)15-27(39-5)28(25)32-33-34/h14-15,19,21-24,36H,6-13,16-18H2,1-5H3. The molecule has 39 heavy (non-hydrogen) atoms. The summed E-state index contributed by atoms with van der Waals surface area (Å²) in [4.78, 5) is 14.0. The molecule has 1 heterocycles. The molecule has 8 unspecified atom stereocenters. The molecule has 2 aromatic rings. The molecular weight excluding hydrogens is 494 g/mol. The van der Waals surface area contributed by atoms with Crippen LogP contribution in [0.3, 0.4) is 0 Å². The van der Waals surface area contributed by atoms with Gasteiger partial charge < -0.3 is 19.3 Å². The van der Waals surface area contributed by atoms with E-state index in [-0.39, 0.29) is 29.1 Å². The SMILES string of the molecule is COCC12CCC(C)(O)CC1CCC1C3CCC(C(=O)Cn4nnc5c(OC)cc(OC)cc54)C3(C)CCC12. The van der Waals surface area contributed by atoms with Gasteiger partial charge >= 0.3 is 0 Å². The van der Waals surface area contributed by atoms with Gasteiger partial charge in [0, 0.05) is 25.2 Å². The molecule has 0 radical (unpaired) electrons.